The standard InChI is InChI=1S/C10H18N2O4/c1-7(8(13)14)6-12-9(15)10(11)2-4-16-5-3-10/h7H,2-6,11H2,1H3,(H,12,15)(H,13,14). The molecule has 0 aliphatic carbocycles. The minimum Gasteiger partial charge on any atom is -0.481 e. The monoisotopic (exact) mass is 230 g/mol. The average molecular weight is 230 g/mol. The Morgan fingerprint density at radius 3 is 2.56 bits per heavy atom. The van der Waals surface area contributed by atoms with Crippen molar-refractivity contribution in [3.63, 3.8) is 0 Å². The number of carboxylic acids is 1. The summed E-state index contributed by atoms with van der Waals surface area (Å²) in [5, 5.41) is 11.2. The van der Waals surface area contributed by atoms with Crippen LogP contribution in [-0.4, -0.2) is 42.3 Å². The molecular weight excluding hydrogens is 212 g/mol. The summed E-state index contributed by atoms with van der Waals surface area (Å²) in [7, 11) is 0. The highest BCUT2D eigenvalue weighted by Crippen LogP contribution is 2.17. The molecule has 0 bridgehead atoms. The number of nitrogens with one attached hydrogen (secondary N) is 1. The second-order valence-corrected chi connectivity index (χ2v) is 4.22. The Bertz CT molecular complexity index is 274. The van der Waals surface area contributed by atoms with Gasteiger partial charge in [-0.25, -0.2) is 0 Å². The maximum Gasteiger partial charge on any atom is 0.308 e. The molecule has 1 saturated heterocycles. The lowest BCUT2D eigenvalue weighted by molar-refractivity contribution is -0.141. The van der Waals surface area contributed by atoms with E-state index >= 15 is 0 Å². The van der Waals surface area contributed by atoms with Gasteiger partial charge in [0, 0.05) is 19.8 Å². The summed E-state index contributed by atoms with van der Waals surface area (Å²) in [6, 6.07) is 0. The maximum absolute atomic E-state index is 11.8. The van der Waals surface area contributed by atoms with E-state index in [0.29, 0.717) is 26.1 Å². The molecule has 6 nitrogen and oxygen atoms in total. The second-order valence-electron chi connectivity index (χ2n) is 4.22. The van der Waals surface area contributed by atoms with Crippen LogP contribution in [-0.2, 0) is 14.3 Å². The summed E-state index contributed by atoms with van der Waals surface area (Å²) in [5.74, 6) is -1.82. The Balaban J connectivity index is 2.42. The van der Waals surface area contributed by atoms with Crippen molar-refractivity contribution in [1.29, 1.82) is 0 Å². The van der Waals surface area contributed by atoms with E-state index in [1.807, 2.05) is 0 Å². The molecule has 0 aromatic heterocycles. The van der Waals surface area contributed by atoms with Crippen molar-refractivity contribution in [2.24, 2.45) is 11.7 Å². The number of ether oxygens (including phenoxy) is 1. The summed E-state index contributed by atoms with van der Waals surface area (Å²) >= 11 is 0. The van der Waals surface area contributed by atoms with Gasteiger partial charge in [0.1, 0.15) is 0 Å². The Morgan fingerprint density at radius 1 is 1.50 bits per heavy atom. The molecule has 0 spiro atoms. The van der Waals surface area contributed by atoms with Crippen LogP contribution >= 0.6 is 0 Å². The van der Waals surface area contributed by atoms with Gasteiger partial charge in [-0.05, 0) is 12.8 Å². The lowest BCUT2D eigenvalue weighted by Crippen LogP contribution is -2.57. The molecule has 1 aliphatic rings. The second kappa shape index (κ2) is 5.27. The number of carbonyl (C=O) groups excluding carboxylic acids is 1. The summed E-state index contributed by atoms with van der Waals surface area (Å²) in [4.78, 5) is 22.3. The van der Waals surface area contributed by atoms with Crippen molar-refractivity contribution in [3.05, 3.63) is 0 Å². The molecule has 6 heteroatoms. The molecule has 1 heterocycles. The van der Waals surface area contributed by atoms with Crippen molar-refractivity contribution >= 4 is 11.9 Å². The van der Waals surface area contributed by atoms with Crippen LogP contribution in [0.15, 0.2) is 0 Å². The number of carbonyl (C=O) groups is 2. The third-order valence-corrected chi connectivity index (χ3v) is 2.83. The molecule has 92 valence electrons. The van der Waals surface area contributed by atoms with Gasteiger partial charge < -0.3 is 20.9 Å². The molecule has 0 aromatic carbocycles. The zero-order chi connectivity index (χ0) is 12.2. The summed E-state index contributed by atoms with van der Waals surface area (Å²) in [6.45, 7) is 2.58. The predicted molar refractivity (Wildman–Crippen MR) is 56.8 cm³/mol. The van der Waals surface area contributed by atoms with E-state index in [-0.39, 0.29) is 12.5 Å². The first kappa shape index (κ1) is 12.9. The SMILES string of the molecule is CC(CNC(=O)C1(N)CCOCC1)C(=O)O. The molecule has 1 atom stereocenters. The van der Waals surface area contributed by atoms with Gasteiger partial charge in [-0.3, -0.25) is 9.59 Å². The fourth-order valence-electron chi connectivity index (χ4n) is 1.47. The molecule has 16 heavy (non-hydrogen) atoms. The van der Waals surface area contributed by atoms with Crippen LogP contribution < -0.4 is 11.1 Å². The van der Waals surface area contributed by atoms with Crippen molar-refractivity contribution < 1.29 is 19.4 Å². The molecular formula is C10H18N2O4. The van der Waals surface area contributed by atoms with E-state index in [1.54, 1.807) is 0 Å². The van der Waals surface area contributed by atoms with Gasteiger partial charge in [-0.15, -0.1) is 0 Å². The molecule has 4 N–H and O–H groups in total. The number of rotatable bonds is 4. The van der Waals surface area contributed by atoms with Gasteiger partial charge in [0.2, 0.25) is 5.91 Å². The van der Waals surface area contributed by atoms with Crippen molar-refractivity contribution in [1.82, 2.24) is 5.32 Å². The van der Waals surface area contributed by atoms with Crippen LogP contribution in [0.4, 0.5) is 0 Å². The fourth-order valence-corrected chi connectivity index (χ4v) is 1.47. The number of aliphatic carboxylic acids is 1. The first-order valence-corrected chi connectivity index (χ1v) is 5.33. The zero-order valence-corrected chi connectivity index (χ0v) is 9.36. The number of hydrogen-bond acceptors (Lipinski definition) is 4. The van der Waals surface area contributed by atoms with E-state index in [2.05, 4.69) is 5.32 Å². The minimum atomic E-state index is -0.932. The smallest absolute Gasteiger partial charge is 0.308 e. The Hall–Kier alpha value is -1.14. The van der Waals surface area contributed by atoms with Gasteiger partial charge in [-0.1, -0.05) is 6.92 Å². The Morgan fingerprint density at radius 2 is 2.06 bits per heavy atom. The third kappa shape index (κ3) is 3.18. The van der Waals surface area contributed by atoms with Crippen molar-refractivity contribution in [2.75, 3.05) is 19.8 Å². The van der Waals surface area contributed by atoms with E-state index < -0.39 is 17.4 Å². The molecule has 0 saturated carbocycles. The normalized spacial score (nSPS) is 21.1. The van der Waals surface area contributed by atoms with Gasteiger partial charge in [-0.2, -0.15) is 0 Å². The van der Waals surface area contributed by atoms with Crippen LogP contribution in [0.25, 0.3) is 0 Å². The fraction of sp³-hybridized carbons (Fsp3) is 0.800. The first-order valence-electron chi connectivity index (χ1n) is 5.33. The van der Waals surface area contributed by atoms with E-state index in [4.69, 9.17) is 15.6 Å². The maximum atomic E-state index is 11.8. The minimum absolute atomic E-state index is 0.105. The average Bonchev–Trinajstić information content (AvgIpc) is 2.26. The number of amides is 1. The van der Waals surface area contributed by atoms with Crippen molar-refractivity contribution in [2.45, 2.75) is 25.3 Å². The van der Waals surface area contributed by atoms with Gasteiger partial charge in [0.15, 0.2) is 0 Å². The largest absolute Gasteiger partial charge is 0.481 e. The third-order valence-electron chi connectivity index (χ3n) is 2.83. The molecule has 0 radical (unpaired) electrons. The summed E-state index contributed by atoms with van der Waals surface area (Å²) in [5.41, 5.74) is 5.02. The van der Waals surface area contributed by atoms with Crippen LogP contribution in [0, 0.1) is 5.92 Å². The first-order chi connectivity index (χ1) is 7.46. The Kier molecular flexibility index (Phi) is 4.26. The summed E-state index contributed by atoms with van der Waals surface area (Å²) in [6.07, 6.45) is 0.945. The number of nitrogens with two attached hydrogens (primary N) is 1. The molecule has 1 amide bonds. The van der Waals surface area contributed by atoms with E-state index in [0.717, 1.165) is 0 Å². The molecule has 1 aliphatic heterocycles. The molecule has 1 fully saturated rings. The van der Waals surface area contributed by atoms with Crippen LogP contribution in [0.1, 0.15) is 19.8 Å². The van der Waals surface area contributed by atoms with Crippen LogP contribution in [0.3, 0.4) is 0 Å². The van der Waals surface area contributed by atoms with Crippen LogP contribution in [0.5, 0.6) is 0 Å². The molecule has 1 unspecified atom stereocenters. The lowest BCUT2D eigenvalue weighted by Gasteiger charge is -2.32. The van der Waals surface area contributed by atoms with Crippen molar-refractivity contribution in [3.8, 4) is 0 Å². The predicted octanol–water partition coefficient (Wildman–Crippen LogP) is -0.669. The molecule has 1 rings (SSSR count). The van der Waals surface area contributed by atoms with E-state index in [9.17, 15) is 9.59 Å². The Labute approximate surface area is 94.1 Å². The summed E-state index contributed by atoms with van der Waals surface area (Å²) < 4.78 is 5.12. The highest BCUT2D eigenvalue weighted by molar-refractivity contribution is 5.86. The molecule has 0 aromatic rings. The number of carboxylic acid groups (broad SMARTS) is 1. The van der Waals surface area contributed by atoms with Gasteiger partial charge in [0.05, 0.1) is 11.5 Å². The van der Waals surface area contributed by atoms with Crippen LogP contribution in [0.2, 0.25) is 0 Å². The highest BCUT2D eigenvalue weighted by Gasteiger charge is 2.35. The van der Waals surface area contributed by atoms with E-state index in [1.165, 1.54) is 6.92 Å². The quantitative estimate of drug-likeness (QED) is 0.594. The topological polar surface area (TPSA) is 102 Å². The highest BCUT2D eigenvalue weighted by atomic mass is 16.5. The van der Waals surface area contributed by atoms with Gasteiger partial charge >= 0.3 is 5.97 Å². The zero-order valence-electron chi connectivity index (χ0n) is 9.36. The number of hydrogen-bond donors (Lipinski definition) is 3. The lowest BCUT2D eigenvalue weighted by atomic mass is 9.90. The van der Waals surface area contributed by atoms with Gasteiger partial charge in [0.25, 0.3) is 0 Å².